The molecule has 132 valence electrons. The Morgan fingerprint density at radius 3 is 2.60 bits per heavy atom. The lowest BCUT2D eigenvalue weighted by molar-refractivity contribution is -0.313. The topological polar surface area (TPSA) is 82.4 Å². The van der Waals surface area contributed by atoms with Crippen molar-refractivity contribution in [3.05, 3.63) is 29.5 Å². The van der Waals surface area contributed by atoms with Crippen molar-refractivity contribution in [1.29, 1.82) is 0 Å². The second-order valence-corrected chi connectivity index (χ2v) is 7.23. The number of benzene rings is 1. The fourth-order valence-corrected chi connectivity index (χ4v) is 4.30. The fraction of sp³-hybridized carbons (Fsp3) is 0.500. The number of fused-ring (bicyclic) bond motifs is 3. The summed E-state index contributed by atoms with van der Waals surface area (Å²) in [5.41, 5.74) is 2.81. The van der Waals surface area contributed by atoms with Crippen LogP contribution in [-0.2, 0) is 22.4 Å². The molecule has 4 rings (SSSR count). The average Bonchev–Trinajstić information content (AvgIpc) is 2.99. The standard InChI is InChI=1S/C20H23NO4/c22-19(14-6-1-2-7-15(14)20(23)24)21-12-9-10-18-16(11-12)13-5-3-4-8-17(13)25-18/h9-11,14-15H,1-8H2,(H,21,22)(H,23,24)/p-1/t14-,15-/m1/s1. The van der Waals surface area contributed by atoms with Crippen LogP contribution < -0.4 is 10.4 Å². The molecule has 1 saturated carbocycles. The summed E-state index contributed by atoms with van der Waals surface area (Å²) < 4.78 is 5.92. The van der Waals surface area contributed by atoms with Gasteiger partial charge in [0.25, 0.3) is 0 Å². The summed E-state index contributed by atoms with van der Waals surface area (Å²) in [5.74, 6) is -1.45. The minimum Gasteiger partial charge on any atom is -0.550 e. The summed E-state index contributed by atoms with van der Waals surface area (Å²) in [5, 5.41) is 15.3. The number of amides is 1. The van der Waals surface area contributed by atoms with Gasteiger partial charge in [-0.2, -0.15) is 0 Å². The van der Waals surface area contributed by atoms with Gasteiger partial charge in [-0.15, -0.1) is 0 Å². The van der Waals surface area contributed by atoms with E-state index in [0.29, 0.717) is 18.5 Å². The molecule has 2 aliphatic carbocycles. The molecule has 0 bridgehead atoms. The molecule has 2 atom stereocenters. The van der Waals surface area contributed by atoms with Gasteiger partial charge in [-0.25, -0.2) is 0 Å². The normalized spacial score (nSPS) is 23.2. The molecule has 0 unspecified atom stereocenters. The van der Waals surface area contributed by atoms with Gasteiger partial charge in [0.1, 0.15) is 11.3 Å². The van der Waals surface area contributed by atoms with Crippen LogP contribution in [0.2, 0.25) is 0 Å². The van der Waals surface area contributed by atoms with Crippen LogP contribution in [0.3, 0.4) is 0 Å². The first-order chi connectivity index (χ1) is 12.1. The Labute approximate surface area is 146 Å². The first-order valence-electron chi connectivity index (χ1n) is 9.19. The summed E-state index contributed by atoms with van der Waals surface area (Å²) in [6, 6.07) is 5.67. The predicted octanol–water partition coefficient (Wildman–Crippen LogP) is 2.81. The molecule has 5 nitrogen and oxygen atoms in total. The fourth-order valence-electron chi connectivity index (χ4n) is 4.30. The molecule has 1 amide bonds. The lowest BCUT2D eigenvalue weighted by Crippen LogP contribution is -2.42. The molecule has 2 aliphatic rings. The number of aliphatic carboxylic acids is 1. The van der Waals surface area contributed by atoms with E-state index in [9.17, 15) is 14.7 Å². The second kappa shape index (κ2) is 6.54. The van der Waals surface area contributed by atoms with Gasteiger partial charge in [0.2, 0.25) is 5.91 Å². The van der Waals surface area contributed by atoms with E-state index >= 15 is 0 Å². The Morgan fingerprint density at radius 1 is 1.04 bits per heavy atom. The first kappa shape index (κ1) is 16.2. The van der Waals surface area contributed by atoms with Gasteiger partial charge >= 0.3 is 0 Å². The van der Waals surface area contributed by atoms with E-state index in [4.69, 9.17) is 4.42 Å². The summed E-state index contributed by atoms with van der Waals surface area (Å²) in [4.78, 5) is 23.9. The lowest BCUT2D eigenvalue weighted by atomic mass is 9.78. The molecule has 2 aromatic rings. The zero-order chi connectivity index (χ0) is 17.4. The van der Waals surface area contributed by atoms with Crippen LogP contribution in [0.4, 0.5) is 5.69 Å². The van der Waals surface area contributed by atoms with Gasteiger partial charge in [-0.1, -0.05) is 12.8 Å². The number of carbonyl (C=O) groups is 2. The van der Waals surface area contributed by atoms with E-state index in [-0.39, 0.29) is 5.91 Å². The Bertz CT molecular complexity index is 822. The van der Waals surface area contributed by atoms with E-state index in [1.165, 1.54) is 5.56 Å². The Hall–Kier alpha value is -2.30. The van der Waals surface area contributed by atoms with Crippen molar-refractivity contribution in [1.82, 2.24) is 0 Å². The summed E-state index contributed by atoms with van der Waals surface area (Å²) in [7, 11) is 0. The molecule has 0 radical (unpaired) electrons. The number of rotatable bonds is 3. The van der Waals surface area contributed by atoms with Crippen molar-refractivity contribution in [3.8, 4) is 0 Å². The minimum atomic E-state index is -1.11. The molecule has 1 heterocycles. The maximum absolute atomic E-state index is 12.6. The van der Waals surface area contributed by atoms with E-state index in [1.54, 1.807) is 0 Å². The number of carboxylic acid groups (broad SMARTS) is 1. The Kier molecular flexibility index (Phi) is 4.24. The first-order valence-corrected chi connectivity index (χ1v) is 9.19. The van der Waals surface area contributed by atoms with Crippen molar-refractivity contribution >= 4 is 28.5 Å². The van der Waals surface area contributed by atoms with E-state index in [1.807, 2.05) is 18.2 Å². The SMILES string of the molecule is O=C([O-])[C@@H]1CCCC[C@H]1C(=O)Nc1ccc2oc3c(c2c1)CCCC3. The Balaban J connectivity index is 1.57. The molecular weight excluding hydrogens is 318 g/mol. The van der Waals surface area contributed by atoms with Crippen LogP contribution in [-0.4, -0.2) is 11.9 Å². The van der Waals surface area contributed by atoms with Crippen LogP contribution in [0.15, 0.2) is 22.6 Å². The van der Waals surface area contributed by atoms with E-state index < -0.39 is 17.8 Å². The number of hydrogen-bond acceptors (Lipinski definition) is 4. The third-order valence-corrected chi connectivity index (χ3v) is 5.63. The van der Waals surface area contributed by atoms with Crippen molar-refractivity contribution in [2.24, 2.45) is 11.8 Å². The molecule has 0 spiro atoms. The van der Waals surface area contributed by atoms with Crippen LogP contribution in [0.25, 0.3) is 11.0 Å². The highest BCUT2D eigenvalue weighted by Gasteiger charge is 2.32. The number of furan rings is 1. The van der Waals surface area contributed by atoms with Gasteiger partial charge in [0, 0.05) is 40.9 Å². The molecule has 1 aromatic carbocycles. The van der Waals surface area contributed by atoms with Crippen molar-refractivity contribution in [3.63, 3.8) is 0 Å². The average molecular weight is 340 g/mol. The highest BCUT2D eigenvalue weighted by Crippen LogP contribution is 2.34. The molecule has 1 fully saturated rings. The molecular formula is C20H22NO4-. The quantitative estimate of drug-likeness (QED) is 0.931. The number of carboxylic acids is 1. The van der Waals surface area contributed by atoms with Crippen LogP contribution >= 0.6 is 0 Å². The lowest BCUT2D eigenvalue weighted by Gasteiger charge is -2.31. The molecule has 0 saturated heterocycles. The largest absolute Gasteiger partial charge is 0.550 e. The number of carbonyl (C=O) groups excluding carboxylic acids is 2. The van der Waals surface area contributed by atoms with E-state index in [2.05, 4.69) is 5.32 Å². The predicted molar refractivity (Wildman–Crippen MR) is 91.9 cm³/mol. The molecule has 25 heavy (non-hydrogen) atoms. The van der Waals surface area contributed by atoms with Gasteiger partial charge in [0.05, 0.1) is 0 Å². The highest BCUT2D eigenvalue weighted by molar-refractivity contribution is 5.97. The van der Waals surface area contributed by atoms with Crippen LogP contribution in [0.1, 0.15) is 49.8 Å². The van der Waals surface area contributed by atoms with Crippen LogP contribution in [0.5, 0.6) is 0 Å². The van der Waals surface area contributed by atoms with Crippen LogP contribution in [0, 0.1) is 11.8 Å². The number of anilines is 1. The Morgan fingerprint density at radius 2 is 1.80 bits per heavy atom. The number of aryl methyl sites for hydroxylation is 2. The van der Waals surface area contributed by atoms with Gasteiger partial charge in [0.15, 0.2) is 0 Å². The van der Waals surface area contributed by atoms with Gasteiger partial charge in [-0.3, -0.25) is 4.79 Å². The zero-order valence-electron chi connectivity index (χ0n) is 14.2. The monoisotopic (exact) mass is 340 g/mol. The third-order valence-electron chi connectivity index (χ3n) is 5.63. The third kappa shape index (κ3) is 3.03. The van der Waals surface area contributed by atoms with Gasteiger partial charge < -0.3 is 19.6 Å². The minimum absolute atomic E-state index is 0.217. The van der Waals surface area contributed by atoms with Crippen molar-refractivity contribution in [2.75, 3.05) is 5.32 Å². The number of nitrogens with one attached hydrogen (secondary N) is 1. The molecule has 1 N–H and O–H groups in total. The zero-order valence-corrected chi connectivity index (χ0v) is 14.2. The summed E-state index contributed by atoms with van der Waals surface area (Å²) in [6.45, 7) is 0. The highest BCUT2D eigenvalue weighted by atomic mass is 16.4. The maximum Gasteiger partial charge on any atom is 0.228 e. The van der Waals surface area contributed by atoms with Crippen molar-refractivity contribution < 1.29 is 19.1 Å². The van der Waals surface area contributed by atoms with E-state index in [0.717, 1.165) is 55.3 Å². The summed E-state index contributed by atoms with van der Waals surface area (Å²) in [6.07, 6.45) is 7.15. The number of hydrogen-bond donors (Lipinski definition) is 1. The second-order valence-electron chi connectivity index (χ2n) is 7.23. The molecule has 0 aliphatic heterocycles. The maximum atomic E-state index is 12.6. The smallest absolute Gasteiger partial charge is 0.228 e. The molecule has 1 aromatic heterocycles. The van der Waals surface area contributed by atoms with Crippen molar-refractivity contribution in [2.45, 2.75) is 51.4 Å². The van der Waals surface area contributed by atoms with Gasteiger partial charge in [-0.05, 0) is 50.3 Å². The summed E-state index contributed by atoms with van der Waals surface area (Å²) >= 11 is 0. The molecule has 5 heteroatoms.